The molecule has 1 aromatic carbocycles. The zero-order valence-electron chi connectivity index (χ0n) is 11.8. The third kappa shape index (κ3) is 3.47. The molecular formula is C15H22N2O2. The van der Waals surface area contributed by atoms with Crippen LogP contribution >= 0.6 is 0 Å². The lowest BCUT2D eigenvalue weighted by Crippen LogP contribution is -2.37. The summed E-state index contributed by atoms with van der Waals surface area (Å²) in [6.45, 7) is 5.95. The average molecular weight is 262 g/mol. The van der Waals surface area contributed by atoms with Crippen LogP contribution in [0.25, 0.3) is 0 Å². The number of nitrogens with zero attached hydrogens (tertiary/aromatic N) is 2. The summed E-state index contributed by atoms with van der Waals surface area (Å²) in [7, 11) is 1.86. The summed E-state index contributed by atoms with van der Waals surface area (Å²) in [5.41, 5.74) is 2.43. The number of hydrogen-bond acceptors (Lipinski definition) is 3. The van der Waals surface area contributed by atoms with Gasteiger partial charge in [0, 0.05) is 38.8 Å². The molecule has 0 radical (unpaired) electrons. The van der Waals surface area contributed by atoms with Gasteiger partial charge in [-0.15, -0.1) is 0 Å². The Hall–Kier alpha value is -1.55. The molecule has 4 heteroatoms. The van der Waals surface area contributed by atoms with Crippen LogP contribution in [0.15, 0.2) is 24.3 Å². The Morgan fingerprint density at radius 1 is 1.32 bits per heavy atom. The maximum Gasteiger partial charge on any atom is 0.222 e. The fourth-order valence-corrected chi connectivity index (χ4v) is 2.37. The van der Waals surface area contributed by atoms with Gasteiger partial charge in [0.1, 0.15) is 0 Å². The van der Waals surface area contributed by atoms with Crippen LogP contribution in [0.3, 0.4) is 0 Å². The summed E-state index contributed by atoms with van der Waals surface area (Å²) in [6, 6.07) is 8.31. The number of carbonyl (C=O) groups excluding carboxylic acids is 1. The maximum atomic E-state index is 11.7. The molecule has 1 aromatic rings. The van der Waals surface area contributed by atoms with E-state index in [9.17, 15) is 4.79 Å². The minimum atomic E-state index is 0.178. The fourth-order valence-electron chi connectivity index (χ4n) is 2.37. The second kappa shape index (κ2) is 6.57. The van der Waals surface area contributed by atoms with E-state index in [-0.39, 0.29) is 5.91 Å². The molecule has 19 heavy (non-hydrogen) atoms. The smallest absolute Gasteiger partial charge is 0.222 e. The van der Waals surface area contributed by atoms with Crippen molar-refractivity contribution in [1.82, 2.24) is 4.90 Å². The number of rotatable bonds is 4. The van der Waals surface area contributed by atoms with Crippen molar-refractivity contribution in [2.75, 3.05) is 38.3 Å². The van der Waals surface area contributed by atoms with Gasteiger partial charge in [-0.3, -0.25) is 4.79 Å². The van der Waals surface area contributed by atoms with Gasteiger partial charge in [-0.05, 0) is 11.6 Å². The molecule has 0 atom stereocenters. The second-order valence-corrected chi connectivity index (χ2v) is 4.83. The first-order valence-electron chi connectivity index (χ1n) is 6.87. The molecule has 1 aliphatic heterocycles. The quantitative estimate of drug-likeness (QED) is 0.830. The Labute approximate surface area is 115 Å². The Balaban J connectivity index is 2.13. The van der Waals surface area contributed by atoms with Crippen LogP contribution in [0.5, 0.6) is 0 Å². The number of ether oxygens (including phenoxy) is 1. The van der Waals surface area contributed by atoms with E-state index in [0.29, 0.717) is 13.0 Å². The molecule has 0 aromatic heterocycles. The summed E-state index contributed by atoms with van der Waals surface area (Å²) in [5.74, 6) is 0.178. The van der Waals surface area contributed by atoms with E-state index >= 15 is 0 Å². The molecule has 0 unspecified atom stereocenters. The zero-order valence-corrected chi connectivity index (χ0v) is 11.8. The molecular weight excluding hydrogens is 240 g/mol. The largest absolute Gasteiger partial charge is 0.378 e. The number of amides is 1. The highest BCUT2D eigenvalue weighted by Crippen LogP contribution is 2.22. The molecule has 1 saturated heterocycles. The zero-order chi connectivity index (χ0) is 13.7. The topological polar surface area (TPSA) is 32.8 Å². The number of carbonyl (C=O) groups is 1. The molecule has 0 bridgehead atoms. The van der Waals surface area contributed by atoms with Crippen molar-refractivity contribution in [1.29, 1.82) is 0 Å². The summed E-state index contributed by atoms with van der Waals surface area (Å²) < 4.78 is 5.39. The molecule has 1 aliphatic rings. The molecule has 1 fully saturated rings. The number of benzene rings is 1. The van der Waals surface area contributed by atoms with Gasteiger partial charge in [0.25, 0.3) is 0 Å². The lowest BCUT2D eigenvalue weighted by Gasteiger charge is -2.31. The molecule has 4 nitrogen and oxygen atoms in total. The van der Waals surface area contributed by atoms with E-state index in [1.807, 2.05) is 20.0 Å². The minimum absolute atomic E-state index is 0.178. The summed E-state index contributed by atoms with van der Waals surface area (Å²) in [6.07, 6.45) is 0.552. The van der Waals surface area contributed by atoms with Gasteiger partial charge in [0.15, 0.2) is 0 Å². The summed E-state index contributed by atoms with van der Waals surface area (Å²) in [4.78, 5) is 15.8. The third-order valence-electron chi connectivity index (χ3n) is 3.48. The fraction of sp³-hybridized carbons (Fsp3) is 0.533. The third-order valence-corrected chi connectivity index (χ3v) is 3.48. The Morgan fingerprint density at radius 2 is 2.00 bits per heavy atom. The van der Waals surface area contributed by atoms with Crippen LogP contribution < -0.4 is 4.90 Å². The molecule has 0 aliphatic carbocycles. The highest BCUT2D eigenvalue weighted by molar-refractivity contribution is 5.75. The van der Waals surface area contributed by atoms with Crippen LogP contribution in [0.4, 0.5) is 5.69 Å². The van der Waals surface area contributed by atoms with Gasteiger partial charge in [-0.1, -0.05) is 25.1 Å². The maximum absolute atomic E-state index is 11.7. The lowest BCUT2D eigenvalue weighted by atomic mass is 10.1. The van der Waals surface area contributed by atoms with Crippen LogP contribution in [0, 0.1) is 0 Å². The van der Waals surface area contributed by atoms with E-state index in [2.05, 4.69) is 23.1 Å². The Kier molecular flexibility index (Phi) is 4.80. The highest BCUT2D eigenvalue weighted by atomic mass is 16.5. The first-order valence-corrected chi connectivity index (χ1v) is 6.87. The van der Waals surface area contributed by atoms with Gasteiger partial charge >= 0.3 is 0 Å². The van der Waals surface area contributed by atoms with Crippen molar-refractivity contribution in [3.8, 4) is 0 Å². The number of anilines is 1. The van der Waals surface area contributed by atoms with Crippen LogP contribution in [-0.2, 0) is 16.1 Å². The van der Waals surface area contributed by atoms with Crippen molar-refractivity contribution < 1.29 is 9.53 Å². The first-order chi connectivity index (χ1) is 9.22. The predicted molar refractivity (Wildman–Crippen MR) is 76.2 cm³/mol. The Bertz CT molecular complexity index is 428. The Morgan fingerprint density at radius 3 is 2.68 bits per heavy atom. The lowest BCUT2D eigenvalue weighted by molar-refractivity contribution is -0.130. The molecule has 0 N–H and O–H groups in total. The minimum Gasteiger partial charge on any atom is -0.378 e. The standard InChI is InChI=1S/C15H22N2O2/c1-3-15(18)16(2)12-13-6-4-5-7-14(13)17-8-10-19-11-9-17/h4-7H,3,8-12H2,1-2H3. The van der Waals surface area contributed by atoms with Gasteiger partial charge in [-0.25, -0.2) is 0 Å². The van der Waals surface area contributed by atoms with Crippen LogP contribution in [0.2, 0.25) is 0 Å². The summed E-state index contributed by atoms with van der Waals surface area (Å²) >= 11 is 0. The molecule has 0 spiro atoms. The molecule has 1 heterocycles. The molecule has 104 valence electrons. The van der Waals surface area contributed by atoms with Crippen molar-refractivity contribution >= 4 is 11.6 Å². The van der Waals surface area contributed by atoms with Gasteiger partial charge in [0.2, 0.25) is 5.91 Å². The van der Waals surface area contributed by atoms with Crippen molar-refractivity contribution in [3.63, 3.8) is 0 Å². The summed E-state index contributed by atoms with van der Waals surface area (Å²) in [5, 5.41) is 0. The number of hydrogen-bond donors (Lipinski definition) is 0. The van der Waals surface area contributed by atoms with Crippen molar-refractivity contribution in [2.45, 2.75) is 19.9 Å². The van der Waals surface area contributed by atoms with E-state index in [4.69, 9.17) is 4.74 Å². The van der Waals surface area contributed by atoms with E-state index < -0.39 is 0 Å². The highest BCUT2D eigenvalue weighted by Gasteiger charge is 2.16. The number of morpholine rings is 1. The SMILES string of the molecule is CCC(=O)N(C)Cc1ccccc1N1CCOCC1. The van der Waals surface area contributed by atoms with Crippen LogP contribution in [-0.4, -0.2) is 44.2 Å². The van der Waals surface area contributed by atoms with Crippen molar-refractivity contribution in [3.05, 3.63) is 29.8 Å². The first kappa shape index (κ1) is 13.9. The van der Waals surface area contributed by atoms with Crippen molar-refractivity contribution in [2.24, 2.45) is 0 Å². The molecule has 2 rings (SSSR count). The van der Waals surface area contributed by atoms with Crippen LogP contribution in [0.1, 0.15) is 18.9 Å². The van der Waals surface area contributed by atoms with Gasteiger partial charge < -0.3 is 14.5 Å². The van der Waals surface area contributed by atoms with E-state index in [0.717, 1.165) is 26.3 Å². The van der Waals surface area contributed by atoms with E-state index in [1.54, 1.807) is 4.90 Å². The van der Waals surface area contributed by atoms with Gasteiger partial charge in [0.05, 0.1) is 13.2 Å². The normalized spacial score (nSPS) is 15.4. The van der Waals surface area contributed by atoms with Gasteiger partial charge in [-0.2, -0.15) is 0 Å². The average Bonchev–Trinajstić information content (AvgIpc) is 2.47. The molecule has 0 saturated carbocycles. The van der Waals surface area contributed by atoms with E-state index in [1.165, 1.54) is 11.3 Å². The monoisotopic (exact) mass is 262 g/mol. The number of para-hydroxylation sites is 1. The second-order valence-electron chi connectivity index (χ2n) is 4.83. The predicted octanol–water partition coefficient (Wildman–Crippen LogP) is 1.89. The molecule has 1 amide bonds.